The summed E-state index contributed by atoms with van der Waals surface area (Å²) >= 11 is 0. The molecule has 1 N–H and O–H groups in total. The minimum atomic E-state index is -0.716. The number of methoxy groups -OCH3 is 1. The number of nitrogens with zero attached hydrogens (tertiary/aromatic N) is 1. The third-order valence-corrected chi connectivity index (χ3v) is 3.15. The largest absolute Gasteiger partial charge is 0.496 e. The van der Waals surface area contributed by atoms with Gasteiger partial charge in [-0.05, 0) is 33.1 Å². The standard InChI is InChI=1S/C15H25NO2/c1-10(2)7-15(5,17)8-13-12(4)14(18-6)11(3)9-16-13/h9-10,17H,7-8H2,1-6H3. The van der Waals surface area contributed by atoms with Gasteiger partial charge in [0.2, 0.25) is 0 Å². The number of hydrogen-bond acceptors (Lipinski definition) is 3. The van der Waals surface area contributed by atoms with E-state index in [9.17, 15) is 5.11 Å². The zero-order valence-electron chi connectivity index (χ0n) is 12.4. The topological polar surface area (TPSA) is 42.4 Å². The highest BCUT2D eigenvalue weighted by Gasteiger charge is 2.24. The van der Waals surface area contributed by atoms with E-state index >= 15 is 0 Å². The molecular formula is C15H25NO2. The summed E-state index contributed by atoms with van der Waals surface area (Å²) in [5.41, 5.74) is 2.26. The lowest BCUT2D eigenvalue weighted by Gasteiger charge is -2.26. The van der Waals surface area contributed by atoms with E-state index in [1.807, 2.05) is 27.0 Å². The first-order chi connectivity index (χ1) is 8.26. The van der Waals surface area contributed by atoms with Crippen molar-refractivity contribution in [3.63, 3.8) is 0 Å². The molecule has 0 fully saturated rings. The highest BCUT2D eigenvalue weighted by atomic mass is 16.5. The first-order valence-corrected chi connectivity index (χ1v) is 6.48. The molecule has 102 valence electrons. The van der Waals surface area contributed by atoms with Crippen molar-refractivity contribution in [2.24, 2.45) is 5.92 Å². The summed E-state index contributed by atoms with van der Waals surface area (Å²) in [5.74, 6) is 1.34. The molecule has 1 unspecified atom stereocenters. The molecule has 1 heterocycles. The van der Waals surface area contributed by atoms with Gasteiger partial charge in [-0.2, -0.15) is 0 Å². The number of hydrogen-bond donors (Lipinski definition) is 1. The summed E-state index contributed by atoms with van der Waals surface area (Å²) in [6.45, 7) is 10.1. The number of pyridine rings is 1. The molecule has 0 radical (unpaired) electrons. The fraction of sp³-hybridized carbons (Fsp3) is 0.667. The Morgan fingerprint density at radius 3 is 2.50 bits per heavy atom. The quantitative estimate of drug-likeness (QED) is 0.874. The molecule has 18 heavy (non-hydrogen) atoms. The lowest BCUT2D eigenvalue weighted by atomic mass is 9.88. The predicted molar refractivity (Wildman–Crippen MR) is 74.0 cm³/mol. The van der Waals surface area contributed by atoms with Gasteiger partial charge in [0.25, 0.3) is 0 Å². The van der Waals surface area contributed by atoms with Crippen LogP contribution in [0.25, 0.3) is 0 Å². The van der Waals surface area contributed by atoms with E-state index in [0.717, 1.165) is 29.0 Å². The van der Waals surface area contributed by atoms with Crippen LogP contribution in [0.15, 0.2) is 6.20 Å². The van der Waals surface area contributed by atoms with Crippen molar-refractivity contribution in [3.05, 3.63) is 23.0 Å². The highest BCUT2D eigenvalue weighted by molar-refractivity contribution is 5.41. The SMILES string of the molecule is COc1c(C)cnc(CC(C)(O)CC(C)C)c1C. The number of ether oxygens (including phenoxy) is 1. The second-order valence-corrected chi connectivity index (χ2v) is 5.82. The smallest absolute Gasteiger partial charge is 0.128 e. The summed E-state index contributed by atoms with van der Waals surface area (Å²) in [6, 6.07) is 0. The molecule has 0 aromatic carbocycles. The minimum Gasteiger partial charge on any atom is -0.496 e. The van der Waals surface area contributed by atoms with E-state index in [0.29, 0.717) is 12.3 Å². The maximum atomic E-state index is 10.4. The first-order valence-electron chi connectivity index (χ1n) is 6.48. The molecule has 0 amide bonds. The molecule has 1 rings (SSSR count). The van der Waals surface area contributed by atoms with Gasteiger partial charge in [-0.25, -0.2) is 0 Å². The van der Waals surface area contributed by atoms with Gasteiger partial charge in [-0.15, -0.1) is 0 Å². The molecule has 1 aromatic heterocycles. The maximum absolute atomic E-state index is 10.4. The van der Waals surface area contributed by atoms with Gasteiger partial charge < -0.3 is 9.84 Å². The van der Waals surface area contributed by atoms with Crippen molar-refractivity contribution in [1.82, 2.24) is 4.98 Å². The molecule has 0 aliphatic carbocycles. The number of aromatic nitrogens is 1. The average Bonchev–Trinajstić information content (AvgIpc) is 2.21. The average molecular weight is 251 g/mol. The molecule has 0 saturated heterocycles. The Balaban J connectivity index is 2.98. The van der Waals surface area contributed by atoms with Crippen LogP contribution in [0.4, 0.5) is 0 Å². The normalized spacial score (nSPS) is 14.7. The monoisotopic (exact) mass is 251 g/mol. The van der Waals surface area contributed by atoms with E-state index in [4.69, 9.17) is 4.74 Å². The van der Waals surface area contributed by atoms with Crippen LogP contribution >= 0.6 is 0 Å². The van der Waals surface area contributed by atoms with Crippen LogP contribution < -0.4 is 4.74 Å². The number of aryl methyl sites for hydroxylation is 1. The zero-order valence-corrected chi connectivity index (χ0v) is 12.4. The van der Waals surface area contributed by atoms with E-state index < -0.39 is 5.60 Å². The van der Waals surface area contributed by atoms with Crippen molar-refractivity contribution in [1.29, 1.82) is 0 Å². The van der Waals surface area contributed by atoms with Gasteiger partial charge >= 0.3 is 0 Å². The maximum Gasteiger partial charge on any atom is 0.128 e. The molecule has 3 nitrogen and oxygen atoms in total. The van der Waals surface area contributed by atoms with Gasteiger partial charge in [0.15, 0.2) is 0 Å². The second-order valence-electron chi connectivity index (χ2n) is 5.82. The highest BCUT2D eigenvalue weighted by Crippen LogP contribution is 2.28. The Morgan fingerprint density at radius 1 is 1.39 bits per heavy atom. The molecule has 0 aliphatic rings. The molecule has 1 atom stereocenters. The third kappa shape index (κ3) is 3.70. The van der Waals surface area contributed by atoms with Gasteiger partial charge in [0, 0.05) is 29.4 Å². The fourth-order valence-electron chi connectivity index (χ4n) is 2.56. The Bertz CT molecular complexity index is 411. The molecule has 0 aliphatic heterocycles. The number of aliphatic hydroxyl groups is 1. The van der Waals surface area contributed by atoms with E-state index in [1.165, 1.54) is 0 Å². The van der Waals surface area contributed by atoms with Crippen molar-refractivity contribution < 1.29 is 9.84 Å². The summed E-state index contributed by atoms with van der Waals surface area (Å²) in [5, 5.41) is 10.4. The van der Waals surface area contributed by atoms with Crippen molar-refractivity contribution in [2.45, 2.75) is 53.1 Å². The summed E-state index contributed by atoms with van der Waals surface area (Å²) in [7, 11) is 1.67. The number of rotatable bonds is 5. The predicted octanol–water partition coefficient (Wildman–Crippen LogP) is 3.05. The van der Waals surface area contributed by atoms with Gasteiger partial charge in [0.1, 0.15) is 5.75 Å². The summed E-state index contributed by atoms with van der Waals surface area (Å²) in [4.78, 5) is 4.44. The third-order valence-electron chi connectivity index (χ3n) is 3.15. The Labute approximate surface area is 110 Å². The fourth-order valence-corrected chi connectivity index (χ4v) is 2.56. The van der Waals surface area contributed by atoms with Crippen LogP contribution in [0.5, 0.6) is 5.75 Å². The lowest BCUT2D eigenvalue weighted by Crippen LogP contribution is -2.30. The Hall–Kier alpha value is -1.09. The molecule has 3 heteroatoms. The minimum absolute atomic E-state index is 0.465. The molecule has 0 saturated carbocycles. The van der Waals surface area contributed by atoms with Crippen molar-refractivity contribution >= 4 is 0 Å². The Kier molecular flexibility index (Phi) is 4.74. The molecular weight excluding hydrogens is 226 g/mol. The second kappa shape index (κ2) is 5.70. The van der Waals surface area contributed by atoms with Crippen molar-refractivity contribution in [2.75, 3.05) is 7.11 Å². The van der Waals surface area contributed by atoms with Crippen LogP contribution in [-0.4, -0.2) is 22.8 Å². The molecule has 0 spiro atoms. The summed E-state index contributed by atoms with van der Waals surface area (Å²) < 4.78 is 5.39. The van der Waals surface area contributed by atoms with Gasteiger partial charge in [-0.1, -0.05) is 13.8 Å². The zero-order chi connectivity index (χ0) is 13.9. The van der Waals surface area contributed by atoms with Crippen LogP contribution in [0.2, 0.25) is 0 Å². The molecule has 0 bridgehead atoms. The van der Waals surface area contributed by atoms with E-state index in [2.05, 4.69) is 18.8 Å². The summed E-state index contributed by atoms with van der Waals surface area (Å²) in [6.07, 6.45) is 3.14. The lowest BCUT2D eigenvalue weighted by molar-refractivity contribution is 0.0377. The Morgan fingerprint density at radius 2 is 2.00 bits per heavy atom. The van der Waals surface area contributed by atoms with Crippen LogP contribution in [0, 0.1) is 19.8 Å². The van der Waals surface area contributed by atoms with Crippen LogP contribution in [0.1, 0.15) is 44.0 Å². The van der Waals surface area contributed by atoms with Crippen LogP contribution in [-0.2, 0) is 6.42 Å². The molecule has 1 aromatic rings. The van der Waals surface area contributed by atoms with Crippen LogP contribution in [0.3, 0.4) is 0 Å². The first kappa shape index (κ1) is 15.0. The van der Waals surface area contributed by atoms with E-state index in [1.54, 1.807) is 7.11 Å². The van der Waals surface area contributed by atoms with Gasteiger partial charge in [0.05, 0.1) is 12.7 Å². The van der Waals surface area contributed by atoms with Crippen molar-refractivity contribution in [3.8, 4) is 5.75 Å². The van der Waals surface area contributed by atoms with Gasteiger partial charge in [-0.3, -0.25) is 4.98 Å². The van der Waals surface area contributed by atoms with E-state index in [-0.39, 0.29) is 0 Å².